The summed E-state index contributed by atoms with van der Waals surface area (Å²) in [4.78, 5) is 4.25. The summed E-state index contributed by atoms with van der Waals surface area (Å²) in [6.45, 7) is 0.733. The predicted molar refractivity (Wildman–Crippen MR) is 87.6 cm³/mol. The van der Waals surface area contributed by atoms with E-state index in [2.05, 4.69) is 13.7 Å². The molecular formula is C13H14F3N3O7S2. The smallest absolute Gasteiger partial charge is 0.263 e. The zero-order valence-corrected chi connectivity index (χ0v) is 15.5. The molecule has 0 radical (unpaired) electrons. The summed E-state index contributed by atoms with van der Waals surface area (Å²) in [5.74, 6) is 0.947. The van der Waals surface area contributed by atoms with Gasteiger partial charge in [-0.1, -0.05) is 18.2 Å². The number of aromatic nitrogens is 3. The highest BCUT2D eigenvalue weighted by atomic mass is 32.3. The van der Waals surface area contributed by atoms with Gasteiger partial charge in [0.15, 0.2) is 5.82 Å². The van der Waals surface area contributed by atoms with Crippen molar-refractivity contribution in [2.24, 2.45) is 0 Å². The van der Waals surface area contributed by atoms with Crippen molar-refractivity contribution in [3.05, 3.63) is 35.7 Å². The van der Waals surface area contributed by atoms with E-state index in [1.807, 2.05) is 0 Å². The molecule has 1 aromatic carbocycles. The summed E-state index contributed by atoms with van der Waals surface area (Å²) in [5.41, 5.74) is -0.630. The second-order valence-electron chi connectivity index (χ2n) is 5.50. The maximum absolute atomic E-state index is 13.0. The van der Waals surface area contributed by atoms with Gasteiger partial charge in [0.05, 0.1) is 5.56 Å². The molecule has 0 fully saturated rings. The molecule has 0 spiro atoms. The van der Waals surface area contributed by atoms with Gasteiger partial charge < -0.3 is 0 Å². The number of benzene rings is 1. The molecule has 3 rings (SSSR count). The Morgan fingerprint density at radius 3 is 2.14 bits per heavy atom. The molecule has 1 aromatic heterocycles. The highest BCUT2D eigenvalue weighted by Crippen LogP contribution is 2.36. The van der Waals surface area contributed by atoms with Crippen LogP contribution >= 0.6 is 0 Å². The zero-order valence-electron chi connectivity index (χ0n) is 13.9. The molecule has 1 aliphatic heterocycles. The van der Waals surface area contributed by atoms with E-state index < -0.39 is 32.5 Å². The van der Waals surface area contributed by atoms with Crippen molar-refractivity contribution >= 4 is 20.8 Å². The fraction of sp³-hybridized carbons (Fsp3) is 0.385. The standard InChI is InChI=1S/C13H12F3N3.H2O7S2/c14-13(15,16)10-6-2-1-5-9(10)12-17-11-7-3-4-8-19(11)18-12;1-8(2,3)7-9(4,5)6/h1-2,5-6H,3-4,7-8H2;(H,1,2,3)(H,4,5,6). The monoisotopic (exact) mass is 445 g/mol. The van der Waals surface area contributed by atoms with E-state index in [9.17, 15) is 30.0 Å². The van der Waals surface area contributed by atoms with Gasteiger partial charge in [-0.25, -0.2) is 9.67 Å². The molecular weight excluding hydrogens is 431 g/mol. The molecule has 0 aliphatic carbocycles. The van der Waals surface area contributed by atoms with Crippen LogP contribution in [0.1, 0.15) is 24.2 Å². The van der Waals surface area contributed by atoms with E-state index in [1.165, 1.54) is 12.1 Å². The first kappa shape index (κ1) is 22.2. The first-order valence-corrected chi connectivity index (χ1v) is 10.3. The van der Waals surface area contributed by atoms with Gasteiger partial charge in [0, 0.05) is 18.5 Å². The number of rotatable bonds is 3. The van der Waals surface area contributed by atoms with Crippen molar-refractivity contribution in [2.45, 2.75) is 32.0 Å². The molecule has 2 aromatic rings. The summed E-state index contributed by atoms with van der Waals surface area (Å²) in [7, 11) is -10.2. The molecule has 2 N–H and O–H groups in total. The second-order valence-corrected chi connectivity index (χ2v) is 7.75. The minimum absolute atomic E-state index is 0.0527. The minimum Gasteiger partial charge on any atom is -0.263 e. The van der Waals surface area contributed by atoms with Gasteiger partial charge in [-0.05, 0) is 18.9 Å². The number of halogens is 3. The van der Waals surface area contributed by atoms with Crippen LogP contribution in [0.25, 0.3) is 11.4 Å². The molecule has 0 atom stereocenters. The summed E-state index contributed by atoms with van der Waals surface area (Å²) in [6.07, 6.45) is -1.60. The van der Waals surface area contributed by atoms with Crippen molar-refractivity contribution in [2.75, 3.05) is 0 Å². The number of fused-ring (bicyclic) bond motifs is 1. The minimum atomic E-state index is -5.12. The van der Waals surface area contributed by atoms with E-state index in [0.29, 0.717) is 0 Å². The third-order valence-electron chi connectivity index (χ3n) is 3.41. The number of hydrogen-bond donors (Lipinski definition) is 2. The van der Waals surface area contributed by atoms with Crippen LogP contribution < -0.4 is 0 Å². The third kappa shape index (κ3) is 6.52. The third-order valence-corrected chi connectivity index (χ3v) is 4.79. The maximum Gasteiger partial charge on any atom is 0.417 e. The Bertz CT molecular complexity index is 996. The number of aryl methyl sites for hydroxylation is 2. The molecule has 28 heavy (non-hydrogen) atoms. The van der Waals surface area contributed by atoms with Gasteiger partial charge in [0.25, 0.3) is 0 Å². The number of alkyl halides is 3. The lowest BCUT2D eigenvalue weighted by Gasteiger charge is -2.10. The maximum atomic E-state index is 13.0. The Morgan fingerprint density at radius 1 is 1.04 bits per heavy atom. The normalized spacial score (nSPS) is 14.8. The summed E-state index contributed by atoms with van der Waals surface area (Å²) in [6, 6.07) is 5.44. The molecule has 0 bridgehead atoms. The Kier molecular flexibility index (Phi) is 6.44. The van der Waals surface area contributed by atoms with Gasteiger partial charge in [-0.3, -0.25) is 9.11 Å². The van der Waals surface area contributed by atoms with Gasteiger partial charge in [-0.15, -0.1) is 3.63 Å². The van der Waals surface area contributed by atoms with Crippen LogP contribution in [0.3, 0.4) is 0 Å². The van der Waals surface area contributed by atoms with Gasteiger partial charge in [0.2, 0.25) is 0 Å². The molecule has 10 nitrogen and oxygen atoms in total. The summed E-state index contributed by atoms with van der Waals surface area (Å²) in [5, 5.41) is 4.20. The average molecular weight is 445 g/mol. The molecule has 1 aliphatic rings. The lowest BCUT2D eigenvalue weighted by molar-refractivity contribution is -0.137. The molecule has 0 saturated heterocycles. The molecule has 2 heterocycles. The molecule has 0 amide bonds. The first-order chi connectivity index (χ1) is 12.8. The van der Waals surface area contributed by atoms with Crippen molar-refractivity contribution in [1.82, 2.24) is 14.8 Å². The average Bonchev–Trinajstić information content (AvgIpc) is 2.95. The van der Waals surface area contributed by atoms with E-state index in [-0.39, 0.29) is 11.4 Å². The van der Waals surface area contributed by atoms with Crippen LogP contribution in [0.4, 0.5) is 13.2 Å². The SMILES string of the molecule is FC(F)(F)c1ccccc1-c1nc2n(n1)CCCC2.O=S(=O)(O)OS(=O)(=O)O. The Balaban J connectivity index is 0.000000266. The van der Waals surface area contributed by atoms with E-state index >= 15 is 0 Å². The molecule has 0 unspecified atom stereocenters. The first-order valence-electron chi connectivity index (χ1n) is 7.52. The van der Waals surface area contributed by atoms with Crippen LogP contribution in [0.5, 0.6) is 0 Å². The lowest BCUT2D eigenvalue weighted by atomic mass is 10.1. The predicted octanol–water partition coefficient (Wildman–Crippen LogP) is 1.91. The molecule has 0 saturated carbocycles. The fourth-order valence-electron chi connectivity index (χ4n) is 2.43. The highest BCUT2D eigenvalue weighted by molar-refractivity contribution is 7.94. The zero-order chi connectivity index (χ0) is 21.2. The number of nitrogens with zero attached hydrogens (tertiary/aromatic N) is 3. The second kappa shape index (κ2) is 8.12. The van der Waals surface area contributed by atoms with Crippen molar-refractivity contribution in [3.63, 3.8) is 0 Å². The van der Waals surface area contributed by atoms with Crippen molar-refractivity contribution in [3.8, 4) is 11.4 Å². The quantitative estimate of drug-likeness (QED) is 0.676. The van der Waals surface area contributed by atoms with Gasteiger partial charge in [0.1, 0.15) is 5.82 Å². The Hall–Kier alpha value is -2.07. The van der Waals surface area contributed by atoms with Crippen molar-refractivity contribution in [1.29, 1.82) is 0 Å². The highest BCUT2D eigenvalue weighted by Gasteiger charge is 2.34. The van der Waals surface area contributed by atoms with Gasteiger partial charge >= 0.3 is 27.0 Å². The molecule has 15 heteroatoms. The summed E-state index contributed by atoms with van der Waals surface area (Å²) >= 11 is 0. The van der Waals surface area contributed by atoms with Gasteiger partial charge in [-0.2, -0.15) is 35.1 Å². The molecule has 156 valence electrons. The Labute approximate surface area is 157 Å². The largest absolute Gasteiger partial charge is 0.417 e. The summed E-state index contributed by atoms with van der Waals surface area (Å²) < 4.78 is 96.2. The van der Waals surface area contributed by atoms with Crippen LogP contribution in [0.2, 0.25) is 0 Å². The van der Waals surface area contributed by atoms with Crippen LogP contribution in [0, 0.1) is 0 Å². The van der Waals surface area contributed by atoms with Crippen molar-refractivity contribution < 1.29 is 42.7 Å². The van der Waals surface area contributed by atoms with E-state index in [0.717, 1.165) is 37.7 Å². The van der Waals surface area contributed by atoms with Crippen LogP contribution in [-0.2, 0) is 43.6 Å². The van der Waals surface area contributed by atoms with Crippen LogP contribution in [-0.4, -0.2) is 40.7 Å². The van der Waals surface area contributed by atoms with E-state index in [1.54, 1.807) is 10.7 Å². The fourth-order valence-corrected chi connectivity index (χ4v) is 3.30. The lowest BCUT2D eigenvalue weighted by Crippen LogP contribution is -2.11. The van der Waals surface area contributed by atoms with Crippen LogP contribution in [0.15, 0.2) is 24.3 Å². The number of hydrogen-bond acceptors (Lipinski definition) is 7. The Morgan fingerprint density at radius 2 is 1.64 bits per heavy atom. The topological polar surface area (TPSA) is 149 Å². The van der Waals surface area contributed by atoms with E-state index in [4.69, 9.17) is 9.11 Å².